The van der Waals surface area contributed by atoms with E-state index in [1.807, 2.05) is 45.2 Å². The van der Waals surface area contributed by atoms with Crippen molar-refractivity contribution in [1.82, 2.24) is 14.8 Å². The number of hydrogen-bond donors (Lipinski definition) is 0. The molecule has 22 heavy (non-hydrogen) atoms. The topological polar surface area (TPSA) is 45.7 Å². The predicted octanol–water partition coefficient (Wildman–Crippen LogP) is 3.08. The first-order chi connectivity index (χ1) is 10.3. The van der Waals surface area contributed by atoms with Gasteiger partial charge < -0.3 is 9.64 Å². The second kappa shape index (κ2) is 6.65. The van der Waals surface area contributed by atoms with E-state index in [-0.39, 0.29) is 12.1 Å². The van der Waals surface area contributed by atoms with Gasteiger partial charge in [-0.2, -0.15) is 0 Å². The number of rotatable bonds is 3. The maximum absolute atomic E-state index is 12.1. The molecule has 1 fully saturated rings. The van der Waals surface area contributed by atoms with Crippen molar-refractivity contribution in [3.63, 3.8) is 0 Å². The van der Waals surface area contributed by atoms with Crippen molar-refractivity contribution in [3.8, 4) is 0 Å². The average molecular weight is 305 g/mol. The van der Waals surface area contributed by atoms with Gasteiger partial charge >= 0.3 is 6.09 Å². The summed E-state index contributed by atoms with van der Waals surface area (Å²) in [6.07, 6.45) is 2.57. The summed E-state index contributed by atoms with van der Waals surface area (Å²) in [6, 6.07) is 6.54. The number of nitrogens with zero attached hydrogens (tertiary/aromatic N) is 3. The Morgan fingerprint density at radius 2 is 2.18 bits per heavy atom. The molecular formula is C17H27N3O2. The van der Waals surface area contributed by atoms with Crippen molar-refractivity contribution >= 4 is 6.09 Å². The summed E-state index contributed by atoms with van der Waals surface area (Å²) in [5.41, 5.74) is 0.614. The maximum atomic E-state index is 12.1. The van der Waals surface area contributed by atoms with Gasteiger partial charge in [-0.1, -0.05) is 6.07 Å². The fraction of sp³-hybridized carbons (Fsp3) is 0.647. The zero-order chi connectivity index (χ0) is 16.3. The predicted molar refractivity (Wildman–Crippen MR) is 86.6 cm³/mol. The summed E-state index contributed by atoms with van der Waals surface area (Å²) in [4.78, 5) is 20.7. The van der Waals surface area contributed by atoms with Crippen LogP contribution in [0.2, 0.25) is 0 Å². The number of likely N-dealkylation sites (tertiary alicyclic amines) is 1. The van der Waals surface area contributed by atoms with E-state index >= 15 is 0 Å². The van der Waals surface area contributed by atoms with Crippen molar-refractivity contribution in [1.29, 1.82) is 0 Å². The Bertz CT molecular complexity index is 498. The molecule has 0 radical (unpaired) electrons. The summed E-state index contributed by atoms with van der Waals surface area (Å²) in [5.74, 6) is 0. The van der Waals surface area contributed by atoms with Gasteiger partial charge in [-0.25, -0.2) is 4.79 Å². The molecule has 0 aromatic carbocycles. The van der Waals surface area contributed by atoms with Crippen molar-refractivity contribution in [3.05, 3.63) is 30.1 Å². The number of carbonyl (C=O) groups is 1. The minimum Gasteiger partial charge on any atom is -0.444 e. The van der Waals surface area contributed by atoms with Gasteiger partial charge in [0.2, 0.25) is 0 Å². The molecule has 0 unspecified atom stereocenters. The first-order valence-electron chi connectivity index (χ1n) is 7.89. The van der Waals surface area contributed by atoms with Crippen LogP contribution < -0.4 is 0 Å². The van der Waals surface area contributed by atoms with E-state index in [0.29, 0.717) is 12.6 Å². The first kappa shape index (κ1) is 16.7. The highest BCUT2D eigenvalue weighted by Gasteiger charge is 2.33. The standard InChI is InChI=1S/C17H27N3O2/c1-13(15-8-6-7-10-18-15)19(5)14-9-11-20(12-14)16(21)22-17(2,3)4/h6-8,10,13-14H,9,11-12H2,1-5H3/t13-,14-/m1/s1. The van der Waals surface area contributed by atoms with Gasteiger partial charge in [-0.05, 0) is 53.3 Å². The SMILES string of the molecule is C[C@H](c1ccccn1)N(C)[C@@H]1CCN(C(=O)OC(C)(C)C)C1. The molecular weight excluding hydrogens is 278 g/mol. The monoisotopic (exact) mass is 305 g/mol. The van der Waals surface area contributed by atoms with Gasteiger partial charge in [0.15, 0.2) is 0 Å². The Morgan fingerprint density at radius 3 is 2.77 bits per heavy atom. The van der Waals surface area contributed by atoms with Crippen molar-refractivity contribution in [2.24, 2.45) is 0 Å². The molecule has 0 aliphatic carbocycles. The second-order valence-corrected chi connectivity index (χ2v) is 6.96. The Labute approximate surface area is 133 Å². The van der Waals surface area contributed by atoms with Crippen molar-refractivity contribution in [2.75, 3.05) is 20.1 Å². The van der Waals surface area contributed by atoms with Gasteiger partial charge in [0, 0.05) is 31.4 Å². The molecule has 0 saturated carbocycles. The van der Waals surface area contributed by atoms with Crippen LogP contribution in [0, 0.1) is 0 Å². The number of pyridine rings is 1. The lowest BCUT2D eigenvalue weighted by Crippen LogP contribution is -2.40. The van der Waals surface area contributed by atoms with Gasteiger partial charge in [0.05, 0.1) is 5.69 Å². The van der Waals surface area contributed by atoms with Gasteiger partial charge in [0.25, 0.3) is 0 Å². The molecule has 1 aromatic heterocycles. The van der Waals surface area contributed by atoms with Crippen LogP contribution in [-0.4, -0.2) is 52.7 Å². The minimum absolute atomic E-state index is 0.214. The molecule has 0 spiro atoms. The molecule has 122 valence electrons. The highest BCUT2D eigenvalue weighted by Crippen LogP contribution is 2.24. The van der Waals surface area contributed by atoms with E-state index in [9.17, 15) is 4.79 Å². The highest BCUT2D eigenvalue weighted by atomic mass is 16.6. The fourth-order valence-corrected chi connectivity index (χ4v) is 2.71. The van der Waals surface area contributed by atoms with E-state index in [1.54, 1.807) is 4.90 Å². The third-order valence-corrected chi connectivity index (χ3v) is 4.12. The Hall–Kier alpha value is -1.62. The van der Waals surface area contributed by atoms with E-state index < -0.39 is 5.60 Å². The number of carbonyl (C=O) groups excluding carboxylic acids is 1. The molecule has 0 bridgehead atoms. The lowest BCUT2D eigenvalue weighted by atomic mass is 10.1. The molecule has 2 rings (SSSR count). The third kappa shape index (κ3) is 4.19. The van der Waals surface area contributed by atoms with E-state index in [0.717, 1.165) is 18.7 Å². The highest BCUT2D eigenvalue weighted by molar-refractivity contribution is 5.68. The van der Waals surface area contributed by atoms with Gasteiger partial charge in [0.1, 0.15) is 5.60 Å². The molecule has 5 nitrogen and oxygen atoms in total. The summed E-state index contributed by atoms with van der Waals surface area (Å²) in [5, 5.41) is 0. The molecule has 2 heterocycles. The zero-order valence-corrected chi connectivity index (χ0v) is 14.2. The van der Waals surface area contributed by atoms with Crippen LogP contribution in [0.4, 0.5) is 4.79 Å². The van der Waals surface area contributed by atoms with Crippen molar-refractivity contribution in [2.45, 2.75) is 51.8 Å². The maximum Gasteiger partial charge on any atom is 0.410 e. The average Bonchev–Trinajstić information content (AvgIpc) is 2.95. The number of hydrogen-bond acceptors (Lipinski definition) is 4. The molecule has 1 aliphatic heterocycles. The summed E-state index contributed by atoms with van der Waals surface area (Å²) in [6.45, 7) is 9.30. The molecule has 1 aromatic rings. The lowest BCUT2D eigenvalue weighted by molar-refractivity contribution is 0.0278. The third-order valence-electron chi connectivity index (χ3n) is 4.12. The Kier molecular flexibility index (Phi) is 5.06. The quantitative estimate of drug-likeness (QED) is 0.861. The molecule has 5 heteroatoms. The van der Waals surface area contributed by atoms with Crippen molar-refractivity contribution < 1.29 is 9.53 Å². The van der Waals surface area contributed by atoms with Crippen LogP contribution in [0.15, 0.2) is 24.4 Å². The summed E-state index contributed by atoms with van der Waals surface area (Å²) >= 11 is 0. The Morgan fingerprint density at radius 1 is 1.45 bits per heavy atom. The summed E-state index contributed by atoms with van der Waals surface area (Å²) < 4.78 is 5.45. The molecule has 2 atom stereocenters. The zero-order valence-electron chi connectivity index (χ0n) is 14.2. The van der Waals surface area contributed by atoms with E-state index in [4.69, 9.17) is 4.74 Å². The Balaban J connectivity index is 1.94. The largest absolute Gasteiger partial charge is 0.444 e. The number of likely N-dealkylation sites (N-methyl/N-ethyl adjacent to an activating group) is 1. The van der Waals surface area contributed by atoms with Gasteiger partial charge in [-0.3, -0.25) is 9.88 Å². The van der Waals surface area contributed by atoms with E-state index in [2.05, 4.69) is 23.9 Å². The van der Waals surface area contributed by atoms with Crippen LogP contribution >= 0.6 is 0 Å². The molecule has 1 amide bonds. The van der Waals surface area contributed by atoms with Crippen LogP contribution in [0.1, 0.15) is 45.9 Å². The molecule has 1 aliphatic rings. The number of aromatic nitrogens is 1. The van der Waals surface area contributed by atoms with Crippen LogP contribution in [0.3, 0.4) is 0 Å². The number of ether oxygens (including phenoxy) is 1. The van der Waals surface area contributed by atoms with Crippen LogP contribution in [0.25, 0.3) is 0 Å². The smallest absolute Gasteiger partial charge is 0.410 e. The fourth-order valence-electron chi connectivity index (χ4n) is 2.71. The molecule has 1 saturated heterocycles. The lowest BCUT2D eigenvalue weighted by Gasteiger charge is -2.30. The number of amides is 1. The molecule has 0 N–H and O–H groups in total. The van der Waals surface area contributed by atoms with Crippen LogP contribution in [-0.2, 0) is 4.74 Å². The summed E-state index contributed by atoms with van der Waals surface area (Å²) in [7, 11) is 2.10. The van der Waals surface area contributed by atoms with Crippen LogP contribution in [0.5, 0.6) is 0 Å². The second-order valence-electron chi connectivity index (χ2n) is 6.96. The first-order valence-corrected chi connectivity index (χ1v) is 7.89. The normalized spacial score (nSPS) is 20.3. The van der Waals surface area contributed by atoms with Gasteiger partial charge in [-0.15, -0.1) is 0 Å². The minimum atomic E-state index is -0.442. The van der Waals surface area contributed by atoms with E-state index in [1.165, 1.54) is 0 Å².